The normalized spacial score (nSPS) is 14.1. The van der Waals surface area contributed by atoms with E-state index >= 15 is 0 Å². The van der Waals surface area contributed by atoms with E-state index in [9.17, 15) is 4.79 Å². The number of benzene rings is 1. The van der Waals surface area contributed by atoms with Crippen molar-refractivity contribution < 1.29 is 9.53 Å². The summed E-state index contributed by atoms with van der Waals surface area (Å²) in [6.07, 6.45) is 3.50. The van der Waals surface area contributed by atoms with E-state index in [1.165, 1.54) is 12.8 Å². The third-order valence-corrected chi connectivity index (χ3v) is 3.56. The second kappa shape index (κ2) is 7.29. The molecular weight excluding hydrogens is 252 g/mol. The van der Waals surface area contributed by atoms with Crippen LogP contribution in [-0.4, -0.2) is 32.7 Å². The van der Waals surface area contributed by atoms with Crippen LogP contribution in [0.4, 0.5) is 5.69 Å². The summed E-state index contributed by atoms with van der Waals surface area (Å²) in [6.45, 7) is 4.23. The number of ether oxygens (including phenoxy) is 1. The van der Waals surface area contributed by atoms with Gasteiger partial charge >= 0.3 is 0 Å². The van der Waals surface area contributed by atoms with Gasteiger partial charge in [-0.05, 0) is 55.9 Å². The van der Waals surface area contributed by atoms with E-state index in [-0.39, 0.29) is 5.91 Å². The Hall–Kier alpha value is -1.55. The number of nitrogens with one attached hydrogen (secondary N) is 2. The molecule has 0 heterocycles. The summed E-state index contributed by atoms with van der Waals surface area (Å²) in [6, 6.07) is 5.76. The Morgan fingerprint density at radius 1 is 1.40 bits per heavy atom. The first kappa shape index (κ1) is 14.9. The Labute approximate surface area is 120 Å². The van der Waals surface area contributed by atoms with E-state index in [0.29, 0.717) is 6.54 Å². The Morgan fingerprint density at radius 3 is 2.85 bits per heavy atom. The summed E-state index contributed by atoms with van der Waals surface area (Å²) in [4.78, 5) is 12.0. The van der Waals surface area contributed by atoms with E-state index in [1.807, 2.05) is 32.2 Å². The number of hydrogen-bond donors (Lipinski definition) is 2. The van der Waals surface area contributed by atoms with Gasteiger partial charge in [0.05, 0.1) is 0 Å². The fourth-order valence-electron chi connectivity index (χ4n) is 2.08. The van der Waals surface area contributed by atoms with E-state index < -0.39 is 0 Å². The zero-order valence-electron chi connectivity index (χ0n) is 12.4. The van der Waals surface area contributed by atoms with Crippen molar-refractivity contribution in [3.8, 4) is 0 Å². The Kier molecular flexibility index (Phi) is 5.41. The third-order valence-electron chi connectivity index (χ3n) is 3.56. The second-order valence-electron chi connectivity index (χ2n) is 5.41. The molecule has 20 heavy (non-hydrogen) atoms. The molecule has 0 spiro atoms. The Bertz CT molecular complexity index is 456. The predicted octanol–water partition coefficient (Wildman–Crippen LogP) is 2.58. The number of hydrogen-bond acceptors (Lipinski definition) is 3. The highest BCUT2D eigenvalue weighted by molar-refractivity contribution is 5.96. The molecule has 1 aromatic carbocycles. The number of rotatable bonds is 8. The molecule has 1 saturated carbocycles. The van der Waals surface area contributed by atoms with Crippen LogP contribution in [0.25, 0.3) is 0 Å². The van der Waals surface area contributed by atoms with Gasteiger partial charge in [0.15, 0.2) is 0 Å². The molecule has 1 fully saturated rings. The second-order valence-corrected chi connectivity index (χ2v) is 5.41. The molecule has 110 valence electrons. The van der Waals surface area contributed by atoms with Crippen LogP contribution in [0.2, 0.25) is 0 Å². The van der Waals surface area contributed by atoms with Crippen molar-refractivity contribution >= 4 is 11.6 Å². The maximum absolute atomic E-state index is 12.0. The fourth-order valence-corrected chi connectivity index (χ4v) is 2.08. The van der Waals surface area contributed by atoms with Crippen molar-refractivity contribution in [3.05, 3.63) is 29.3 Å². The van der Waals surface area contributed by atoms with Gasteiger partial charge in [-0.2, -0.15) is 0 Å². The lowest BCUT2D eigenvalue weighted by Gasteiger charge is -2.09. The zero-order valence-corrected chi connectivity index (χ0v) is 12.4. The molecule has 2 N–H and O–H groups in total. The number of aryl methyl sites for hydroxylation is 1. The van der Waals surface area contributed by atoms with Gasteiger partial charge in [0.2, 0.25) is 0 Å². The summed E-state index contributed by atoms with van der Waals surface area (Å²) < 4.78 is 5.54. The highest BCUT2D eigenvalue weighted by atomic mass is 16.5. The van der Waals surface area contributed by atoms with E-state index in [2.05, 4.69) is 10.6 Å². The standard InChI is InChI=1S/C16H24N2O2/c1-12-10-14(17-2)6-7-15(12)16(19)18-8-3-9-20-11-13-4-5-13/h6-7,10,13,17H,3-5,8-9,11H2,1-2H3,(H,18,19). The molecule has 1 aliphatic rings. The van der Waals surface area contributed by atoms with Crippen molar-refractivity contribution in [2.24, 2.45) is 5.92 Å². The molecule has 0 unspecified atom stereocenters. The molecule has 4 nitrogen and oxygen atoms in total. The number of carbonyl (C=O) groups is 1. The SMILES string of the molecule is CNc1ccc(C(=O)NCCCOCC2CC2)c(C)c1. The molecule has 0 atom stereocenters. The lowest BCUT2D eigenvalue weighted by atomic mass is 10.1. The topological polar surface area (TPSA) is 50.4 Å². The Morgan fingerprint density at radius 2 is 2.20 bits per heavy atom. The molecule has 0 bridgehead atoms. The summed E-state index contributed by atoms with van der Waals surface area (Å²) in [7, 11) is 1.87. The van der Waals surface area contributed by atoms with Crippen LogP contribution >= 0.6 is 0 Å². The van der Waals surface area contributed by atoms with Gasteiger partial charge in [-0.15, -0.1) is 0 Å². The molecule has 1 aliphatic carbocycles. The molecule has 0 aromatic heterocycles. The first-order chi connectivity index (χ1) is 9.70. The molecule has 1 aromatic rings. The van der Waals surface area contributed by atoms with Crippen LogP contribution in [0.5, 0.6) is 0 Å². The quantitative estimate of drug-likeness (QED) is 0.718. The zero-order chi connectivity index (χ0) is 14.4. The first-order valence-corrected chi connectivity index (χ1v) is 7.35. The monoisotopic (exact) mass is 276 g/mol. The fraction of sp³-hybridized carbons (Fsp3) is 0.562. The van der Waals surface area contributed by atoms with Crippen molar-refractivity contribution in [3.63, 3.8) is 0 Å². The minimum absolute atomic E-state index is 0.00709. The average Bonchev–Trinajstić information content (AvgIpc) is 3.26. The predicted molar refractivity (Wildman–Crippen MR) is 81.2 cm³/mol. The summed E-state index contributed by atoms with van der Waals surface area (Å²) in [5.74, 6) is 0.797. The van der Waals surface area contributed by atoms with Crippen LogP contribution < -0.4 is 10.6 Å². The third kappa shape index (κ3) is 4.53. The van der Waals surface area contributed by atoms with Crippen LogP contribution in [-0.2, 0) is 4.74 Å². The van der Waals surface area contributed by atoms with Gasteiger partial charge in [0.25, 0.3) is 5.91 Å². The number of amides is 1. The van der Waals surface area contributed by atoms with Crippen molar-refractivity contribution in [1.82, 2.24) is 5.32 Å². The lowest BCUT2D eigenvalue weighted by molar-refractivity contribution is 0.0937. The lowest BCUT2D eigenvalue weighted by Crippen LogP contribution is -2.26. The molecule has 1 amide bonds. The maximum atomic E-state index is 12.0. The highest BCUT2D eigenvalue weighted by Crippen LogP contribution is 2.28. The number of anilines is 1. The molecule has 0 aliphatic heterocycles. The minimum atomic E-state index is -0.00709. The number of carbonyl (C=O) groups excluding carboxylic acids is 1. The van der Waals surface area contributed by atoms with Crippen molar-refractivity contribution in [2.75, 3.05) is 32.1 Å². The van der Waals surface area contributed by atoms with Gasteiger partial charge in [-0.3, -0.25) is 4.79 Å². The first-order valence-electron chi connectivity index (χ1n) is 7.35. The maximum Gasteiger partial charge on any atom is 0.251 e. The molecular formula is C16H24N2O2. The van der Waals surface area contributed by atoms with Crippen molar-refractivity contribution in [2.45, 2.75) is 26.2 Å². The smallest absolute Gasteiger partial charge is 0.251 e. The van der Waals surface area contributed by atoms with Gasteiger partial charge in [0, 0.05) is 38.1 Å². The van der Waals surface area contributed by atoms with Gasteiger partial charge in [-0.25, -0.2) is 0 Å². The molecule has 0 saturated heterocycles. The van der Waals surface area contributed by atoms with E-state index in [0.717, 1.165) is 42.4 Å². The summed E-state index contributed by atoms with van der Waals surface area (Å²) in [5.41, 5.74) is 2.75. The summed E-state index contributed by atoms with van der Waals surface area (Å²) in [5, 5.41) is 6.01. The van der Waals surface area contributed by atoms with Gasteiger partial charge in [0.1, 0.15) is 0 Å². The largest absolute Gasteiger partial charge is 0.388 e. The highest BCUT2D eigenvalue weighted by Gasteiger charge is 2.20. The minimum Gasteiger partial charge on any atom is -0.388 e. The van der Waals surface area contributed by atoms with Gasteiger partial charge in [-0.1, -0.05) is 0 Å². The van der Waals surface area contributed by atoms with Crippen LogP contribution in [0.15, 0.2) is 18.2 Å². The molecule has 4 heteroatoms. The van der Waals surface area contributed by atoms with Crippen molar-refractivity contribution in [1.29, 1.82) is 0 Å². The summed E-state index contributed by atoms with van der Waals surface area (Å²) >= 11 is 0. The van der Waals surface area contributed by atoms with E-state index in [4.69, 9.17) is 4.74 Å². The average molecular weight is 276 g/mol. The van der Waals surface area contributed by atoms with Crippen LogP contribution in [0.1, 0.15) is 35.2 Å². The Balaban J connectivity index is 1.68. The van der Waals surface area contributed by atoms with Crippen LogP contribution in [0, 0.1) is 12.8 Å². The van der Waals surface area contributed by atoms with Gasteiger partial charge < -0.3 is 15.4 Å². The van der Waals surface area contributed by atoms with Crippen LogP contribution in [0.3, 0.4) is 0 Å². The van der Waals surface area contributed by atoms with E-state index in [1.54, 1.807) is 0 Å². The molecule has 0 radical (unpaired) electrons. The molecule has 2 rings (SSSR count).